The molecule has 0 heterocycles. The number of allylic oxidation sites excluding steroid dienone is 2. The van der Waals surface area contributed by atoms with Crippen molar-refractivity contribution in [2.45, 2.75) is 50.5 Å². The number of rotatable bonds is 3. The summed E-state index contributed by atoms with van der Waals surface area (Å²) in [6.45, 7) is 2.04. The van der Waals surface area contributed by atoms with E-state index in [4.69, 9.17) is 4.74 Å². The Kier molecular flexibility index (Phi) is 3.97. The van der Waals surface area contributed by atoms with E-state index in [1.165, 1.54) is 0 Å². The molecule has 7 atom stereocenters. The second-order valence-corrected chi connectivity index (χ2v) is 11.2. The van der Waals surface area contributed by atoms with Gasteiger partial charge in [0, 0.05) is 23.7 Å². The molecule has 5 aliphatic carbocycles. The lowest BCUT2D eigenvalue weighted by Gasteiger charge is -2.35. The van der Waals surface area contributed by atoms with Gasteiger partial charge in [0.1, 0.15) is 17.2 Å². The second-order valence-electron chi connectivity index (χ2n) is 11.2. The van der Waals surface area contributed by atoms with E-state index < -0.39 is 0 Å². The third kappa shape index (κ3) is 2.55. The van der Waals surface area contributed by atoms with Crippen LogP contribution in [-0.4, -0.2) is 23.1 Å². The summed E-state index contributed by atoms with van der Waals surface area (Å²) in [5, 5.41) is 1.94. The molecule has 0 radical (unpaired) electrons. The molecule has 0 aromatic heterocycles. The van der Waals surface area contributed by atoms with Gasteiger partial charge in [-0.25, -0.2) is 4.79 Å². The van der Waals surface area contributed by atoms with Crippen LogP contribution >= 0.6 is 0 Å². The molecule has 4 bridgehead atoms. The van der Waals surface area contributed by atoms with Crippen molar-refractivity contribution in [2.75, 3.05) is 0 Å². The van der Waals surface area contributed by atoms with Crippen LogP contribution < -0.4 is 0 Å². The Morgan fingerprint density at radius 2 is 1.58 bits per heavy atom. The first kappa shape index (κ1) is 19.7. The van der Waals surface area contributed by atoms with E-state index in [0.717, 1.165) is 48.4 Å². The smallest absolute Gasteiger partial charge is 0.339 e. The third-order valence-corrected chi connectivity index (χ3v) is 9.55. The Balaban J connectivity index is 1.27. The van der Waals surface area contributed by atoms with E-state index >= 15 is 0 Å². The molecule has 0 amide bonds. The zero-order chi connectivity index (χ0) is 22.5. The van der Waals surface area contributed by atoms with Gasteiger partial charge in [0.15, 0.2) is 0 Å². The summed E-state index contributed by atoms with van der Waals surface area (Å²) in [7, 11) is 0. The largest absolute Gasteiger partial charge is 0.456 e. The van der Waals surface area contributed by atoms with Crippen LogP contribution in [0.4, 0.5) is 0 Å². The Morgan fingerprint density at radius 3 is 2.36 bits per heavy atom. The molecule has 4 nitrogen and oxygen atoms in total. The molecule has 0 spiro atoms. The number of ether oxygens (including phenoxy) is 1. The highest BCUT2D eigenvalue weighted by molar-refractivity contribution is 6.06. The lowest BCUT2D eigenvalue weighted by Crippen LogP contribution is -2.30. The molecular formula is C29H28O4. The molecule has 0 aliphatic heterocycles. The van der Waals surface area contributed by atoms with Crippen LogP contribution in [-0.2, 0) is 14.3 Å². The van der Waals surface area contributed by atoms with Crippen molar-refractivity contribution in [2.24, 2.45) is 35.5 Å². The van der Waals surface area contributed by atoms with E-state index in [1.54, 1.807) is 0 Å². The van der Waals surface area contributed by atoms with Gasteiger partial charge in [0.25, 0.3) is 0 Å². The zero-order valence-electron chi connectivity index (χ0n) is 18.8. The highest BCUT2D eigenvalue weighted by atomic mass is 16.6. The quantitative estimate of drug-likeness (QED) is 0.372. The Labute approximate surface area is 193 Å². The first-order chi connectivity index (χ1) is 16.0. The maximum Gasteiger partial charge on any atom is 0.339 e. The standard InChI is InChI=1S/C29H28O4/c1-29(12-2-3-13-29)33-28(32)18-9-5-6-15-16(18)7-4-8-17(15)21-14-22-23-19-10-11-20(26(19)30)24(23)25(21)27(22)31/h4-11,19-25H,2-3,12-14H2,1H3. The summed E-state index contributed by atoms with van der Waals surface area (Å²) >= 11 is 0. The van der Waals surface area contributed by atoms with E-state index in [0.29, 0.717) is 17.1 Å². The van der Waals surface area contributed by atoms with Gasteiger partial charge in [-0.2, -0.15) is 0 Å². The van der Waals surface area contributed by atoms with Crippen LogP contribution in [0.3, 0.4) is 0 Å². The van der Waals surface area contributed by atoms with Gasteiger partial charge < -0.3 is 4.74 Å². The van der Waals surface area contributed by atoms with Gasteiger partial charge in [-0.05, 0) is 79.2 Å². The van der Waals surface area contributed by atoms with Crippen molar-refractivity contribution in [3.63, 3.8) is 0 Å². The Bertz CT molecular complexity index is 1250. The highest BCUT2D eigenvalue weighted by Crippen LogP contribution is 2.66. The molecule has 2 aromatic carbocycles. The van der Waals surface area contributed by atoms with Crippen LogP contribution in [0.2, 0.25) is 0 Å². The van der Waals surface area contributed by atoms with Gasteiger partial charge in [-0.1, -0.05) is 42.5 Å². The highest BCUT2D eigenvalue weighted by Gasteiger charge is 2.68. The van der Waals surface area contributed by atoms with Crippen molar-refractivity contribution in [3.05, 3.63) is 59.7 Å². The van der Waals surface area contributed by atoms with Crippen molar-refractivity contribution >= 4 is 28.3 Å². The lowest BCUT2D eigenvalue weighted by molar-refractivity contribution is -0.125. The fraction of sp³-hybridized carbons (Fsp3) is 0.483. The lowest BCUT2D eigenvalue weighted by atomic mass is 9.67. The average molecular weight is 441 g/mol. The van der Waals surface area contributed by atoms with Crippen molar-refractivity contribution in [1.29, 1.82) is 0 Å². The van der Waals surface area contributed by atoms with Gasteiger partial charge in [0.2, 0.25) is 0 Å². The zero-order valence-corrected chi connectivity index (χ0v) is 18.8. The second kappa shape index (κ2) is 6.65. The molecule has 4 saturated carbocycles. The monoisotopic (exact) mass is 440 g/mol. The predicted octanol–water partition coefficient (Wildman–Crippen LogP) is 5.25. The minimum atomic E-state index is -0.370. The molecule has 168 valence electrons. The summed E-state index contributed by atoms with van der Waals surface area (Å²) in [6.07, 6.45) is 8.96. The van der Waals surface area contributed by atoms with Crippen LogP contribution in [0.25, 0.3) is 10.8 Å². The minimum Gasteiger partial charge on any atom is -0.456 e. The third-order valence-electron chi connectivity index (χ3n) is 9.55. The van der Waals surface area contributed by atoms with E-state index in [9.17, 15) is 14.4 Å². The molecular weight excluding hydrogens is 412 g/mol. The van der Waals surface area contributed by atoms with Crippen molar-refractivity contribution in [3.8, 4) is 0 Å². The number of hydrogen-bond donors (Lipinski definition) is 0. The van der Waals surface area contributed by atoms with Crippen LogP contribution in [0.15, 0.2) is 48.6 Å². The minimum absolute atomic E-state index is 0.000352. The SMILES string of the molecule is CC1(OC(=O)c2cccc3c(C4CC5C(=O)C4C4C6C=CC(C6=O)C54)cccc23)CCCC1. The molecule has 4 fully saturated rings. The van der Waals surface area contributed by atoms with Gasteiger partial charge in [-0.15, -0.1) is 0 Å². The number of benzene rings is 2. The summed E-state index contributed by atoms with van der Waals surface area (Å²) in [5.74, 6) is 0.742. The number of carbonyl (C=O) groups is 3. The molecule has 0 N–H and O–H groups in total. The fourth-order valence-corrected chi connectivity index (χ4v) is 8.19. The van der Waals surface area contributed by atoms with Crippen LogP contribution in [0.5, 0.6) is 0 Å². The fourth-order valence-electron chi connectivity index (χ4n) is 8.19. The first-order valence-corrected chi connectivity index (χ1v) is 12.5. The van der Waals surface area contributed by atoms with Crippen LogP contribution in [0, 0.1) is 35.5 Å². The molecule has 33 heavy (non-hydrogen) atoms. The molecule has 7 rings (SSSR count). The molecule has 0 saturated heterocycles. The van der Waals surface area contributed by atoms with E-state index in [1.807, 2.05) is 31.2 Å². The van der Waals surface area contributed by atoms with Gasteiger partial charge in [0.05, 0.1) is 5.56 Å². The summed E-state index contributed by atoms with van der Waals surface area (Å²) in [5.41, 5.74) is 1.38. The van der Waals surface area contributed by atoms with Crippen LogP contribution in [0.1, 0.15) is 60.9 Å². The molecule has 5 aliphatic rings. The van der Waals surface area contributed by atoms with Gasteiger partial charge >= 0.3 is 5.97 Å². The average Bonchev–Trinajstić information content (AvgIpc) is 3.60. The van der Waals surface area contributed by atoms with Crippen molar-refractivity contribution in [1.82, 2.24) is 0 Å². The van der Waals surface area contributed by atoms with E-state index in [-0.39, 0.29) is 53.0 Å². The van der Waals surface area contributed by atoms with Crippen molar-refractivity contribution < 1.29 is 19.1 Å². The number of esters is 1. The van der Waals surface area contributed by atoms with E-state index in [2.05, 4.69) is 24.3 Å². The van der Waals surface area contributed by atoms with Gasteiger partial charge in [-0.3, -0.25) is 9.59 Å². The Morgan fingerprint density at radius 1 is 0.879 bits per heavy atom. The first-order valence-electron chi connectivity index (χ1n) is 12.5. The maximum atomic E-state index is 13.3. The summed E-state index contributed by atoms with van der Waals surface area (Å²) in [6, 6.07) is 12.0. The topological polar surface area (TPSA) is 60.4 Å². The predicted molar refractivity (Wildman–Crippen MR) is 124 cm³/mol. The number of Topliss-reactive ketones (excluding diaryl/α,β-unsaturated/α-hetero) is 2. The maximum absolute atomic E-state index is 13.3. The molecule has 4 heteroatoms. The normalized spacial score (nSPS) is 37.3. The number of hydrogen-bond acceptors (Lipinski definition) is 4. The number of fused-ring (bicyclic) bond motifs is 10. The summed E-state index contributed by atoms with van der Waals surface area (Å²) in [4.78, 5) is 39.2. The molecule has 2 aromatic rings. The number of carbonyl (C=O) groups excluding carboxylic acids is 3. The summed E-state index contributed by atoms with van der Waals surface area (Å²) < 4.78 is 5.99. The number of ketones is 2. The Hall–Kier alpha value is -2.75. The molecule has 7 unspecified atom stereocenters.